The van der Waals surface area contributed by atoms with Crippen molar-refractivity contribution in [3.63, 3.8) is 0 Å². The van der Waals surface area contributed by atoms with Crippen LogP contribution in [-0.2, 0) is 19.6 Å². The normalized spacial score (nSPS) is 13.7. The molecule has 0 radical (unpaired) electrons. The van der Waals surface area contributed by atoms with Crippen molar-refractivity contribution < 1.29 is 14.7 Å². The number of aromatic nitrogens is 4. The van der Waals surface area contributed by atoms with E-state index >= 15 is 0 Å². The number of rotatable bonds is 5. The van der Waals surface area contributed by atoms with E-state index in [4.69, 9.17) is 5.11 Å². The second-order valence-electron chi connectivity index (χ2n) is 6.14. The Kier molecular flexibility index (Phi) is 4.00. The summed E-state index contributed by atoms with van der Waals surface area (Å²) >= 11 is 0. The predicted octanol–water partition coefficient (Wildman–Crippen LogP) is 1.48. The molecule has 8 nitrogen and oxygen atoms in total. The summed E-state index contributed by atoms with van der Waals surface area (Å²) in [6.07, 6.45) is 3.63. The molecule has 0 unspecified atom stereocenters. The average molecular weight is 351 g/mol. The molecule has 0 saturated heterocycles. The first-order chi connectivity index (χ1) is 12.6. The molecule has 2 aromatic heterocycles. The Balaban J connectivity index is 1.56. The van der Waals surface area contributed by atoms with Gasteiger partial charge in [0, 0.05) is 31.5 Å². The lowest BCUT2D eigenvalue weighted by molar-refractivity contribution is 0.0670. The molecule has 1 aromatic carbocycles. The van der Waals surface area contributed by atoms with Gasteiger partial charge in [-0.3, -0.25) is 14.2 Å². The van der Waals surface area contributed by atoms with Crippen LogP contribution < -0.4 is 0 Å². The van der Waals surface area contributed by atoms with E-state index in [1.807, 2.05) is 41.2 Å². The Hall–Kier alpha value is -3.42. The number of benzene rings is 1. The predicted molar refractivity (Wildman–Crippen MR) is 91.7 cm³/mol. The van der Waals surface area contributed by atoms with Gasteiger partial charge in [0.25, 0.3) is 5.91 Å². The number of aromatic carboxylic acids is 1. The van der Waals surface area contributed by atoms with E-state index in [2.05, 4.69) is 10.2 Å². The molecule has 1 aliphatic rings. The highest BCUT2D eigenvalue weighted by Gasteiger charge is 2.28. The van der Waals surface area contributed by atoms with E-state index < -0.39 is 5.97 Å². The van der Waals surface area contributed by atoms with E-state index in [0.717, 1.165) is 11.1 Å². The van der Waals surface area contributed by atoms with Crippen LogP contribution in [-0.4, -0.2) is 48.0 Å². The summed E-state index contributed by atoms with van der Waals surface area (Å²) in [6.45, 7) is 2.06. The second kappa shape index (κ2) is 6.47. The molecule has 4 rings (SSSR count). The van der Waals surface area contributed by atoms with Gasteiger partial charge in [-0.15, -0.1) is 0 Å². The highest BCUT2D eigenvalue weighted by Crippen LogP contribution is 2.19. The third kappa shape index (κ3) is 2.97. The zero-order chi connectivity index (χ0) is 18.1. The summed E-state index contributed by atoms with van der Waals surface area (Å²) in [5, 5.41) is 17.3. The van der Waals surface area contributed by atoms with Gasteiger partial charge in [-0.1, -0.05) is 24.3 Å². The number of carboxylic acid groups (broad SMARTS) is 1. The van der Waals surface area contributed by atoms with Gasteiger partial charge >= 0.3 is 5.97 Å². The molecule has 0 spiro atoms. The van der Waals surface area contributed by atoms with Gasteiger partial charge in [-0.05, 0) is 17.2 Å². The standard InChI is InChI=1S/C18H17N5O3/c24-17-16-10-15(18(25)26)20-23(16)9-8-21(17)11-13-4-1-2-5-14(13)12-22-7-3-6-19-22/h1-7,10H,8-9,11-12H2,(H,25,26). The van der Waals surface area contributed by atoms with E-state index in [0.29, 0.717) is 31.9 Å². The number of carboxylic acids is 1. The highest BCUT2D eigenvalue weighted by molar-refractivity contribution is 5.96. The van der Waals surface area contributed by atoms with Crippen LogP contribution in [0.3, 0.4) is 0 Å². The number of carbonyl (C=O) groups excluding carboxylic acids is 1. The van der Waals surface area contributed by atoms with Crippen LogP contribution in [0.2, 0.25) is 0 Å². The van der Waals surface area contributed by atoms with E-state index in [9.17, 15) is 9.59 Å². The molecule has 3 heterocycles. The molecule has 0 bridgehead atoms. The van der Waals surface area contributed by atoms with Gasteiger partial charge in [0.15, 0.2) is 5.69 Å². The number of carbonyl (C=O) groups is 2. The fraction of sp³-hybridized carbons (Fsp3) is 0.222. The first kappa shape index (κ1) is 16.1. The first-order valence-corrected chi connectivity index (χ1v) is 8.26. The number of hydrogen-bond acceptors (Lipinski definition) is 4. The zero-order valence-corrected chi connectivity index (χ0v) is 13.9. The zero-order valence-electron chi connectivity index (χ0n) is 13.9. The molecule has 1 amide bonds. The van der Waals surface area contributed by atoms with Crippen molar-refractivity contribution >= 4 is 11.9 Å². The Labute approximate surface area is 149 Å². The molecular formula is C18H17N5O3. The molecule has 0 saturated carbocycles. The molecule has 3 aromatic rings. The summed E-state index contributed by atoms with van der Waals surface area (Å²) in [5.41, 5.74) is 2.35. The van der Waals surface area contributed by atoms with Crippen LogP contribution in [0.5, 0.6) is 0 Å². The monoisotopic (exact) mass is 351 g/mol. The second-order valence-corrected chi connectivity index (χ2v) is 6.14. The fourth-order valence-electron chi connectivity index (χ4n) is 3.13. The molecule has 8 heteroatoms. The van der Waals surface area contributed by atoms with Crippen LogP contribution in [0.25, 0.3) is 0 Å². The van der Waals surface area contributed by atoms with Crippen molar-refractivity contribution in [2.45, 2.75) is 19.6 Å². The highest BCUT2D eigenvalue weighted by atomic mass is 16.4. The molecule has 1 aliphatic heterocycles. The van der Waals surface area contributed by atoms with Gasteiger partial charge in [0.05, 0.1) is 13.1 Å². The topological polar surface area (TPSA) is 93.2 Å². The van der Waals surface area contributed by atoms with Crippen molar-refractivity contribution in [2.24, 2.45) is 0 Å². The Morgan fingerprint density at radius 2 is 1.88 bits per heavy atom. The molecule has 1 N–H and O–H groups in total. The molecular weight excluding hydrogens is 334 g/mol. The van der Waals surface area contributed by atoms with Crippen LogP contribution in [0.4, 0.5) is 0 Å². The maximum atomic E-state index is 12.7. The molecule has 132 valence electrons. The number of hydrogen-bond donors (Lipinski definition) is 1. The van der Waals surface area contributed by atoms with Gasteiger partial charge in [0.2, 0.25) is 0 Å². The molecule has 0 aliphatic carbocycles. The smallest absolute Gasteiger partial charge is 0.356 e. The van der Waals surface area contributed by atoms with Crippen LogP contribution >= 0.6 is 0 Å². The summed E-state index contributed by atoms with van der Waals surface area (Å²) in [4.78, 5) is 25.6. The minimum Gasteiger partial charge on any atom is -0.476 e. The number of amides is 1. The minimum absolute atomic E-state index is 0.103. The van der Waals surface area contributed by atoms with E-state index in [1.54, 1.807) is 11.1 Å². The Morgan fingerprint density at radius 3 is 2.58 bits per heavy atom. The lowest BCUT2D eigenvalue weighted by Gasteiger charge is -2.28. The van der Waals surface area contributed by atoms with Crippen molar-refractivity contribution in [2.75, 3.05) is 6.54 Å². The first-order valence-electron chi connectivity index (χ1n) is 8.26. The van der Waals surface area contributed by atoms with Crippen LogP contribution in [0.1, 0.15) is 32.1 Å². The maximum Gasteiger partial charge on any atom is 0.356 e. The maximum absolute atomic E-state index is 12.7. The molecule has 26 heavy (non-hydrogen) atoms. The largest absolute Gasteiger partial charge is 0.476 e. The quantitative estimate of drug-likeness (QED) is 0.751. The van der Waals surface area contributed by atoms with Gasteiger partial charge in [-0.2, -0.15) is 10.2 Å². The van der Waals surface area contributed by atoms with Gasteiger partial charge in [-0.25, -0.2) is 4.79 Å². The number of fused-ring (bicyclic) bond motifs is 1. The third-order valence-corrected chi connectivity index (χ3v) is 4.46. The van der Waals surface area contributed by atoms with Crippen LogP contribution in [0, 0.1) is 0 Å². The van der Waals surface area contributed by atoms with Crippen LogP contribution in [0.15, 0.2) is 48.8 Å². The minimum atomic E-state index is -1.13. The van der Waals surface area contributed by atoms with Crippen molar-refractivity contribution in [3.8, 4) is 0 Å². The fourth-order valence-corrected chi connectivity index (χ4v) is 3.13. The average Bonchev–Trinajstić information content (AvgIpc) is 3.29. The SMILES string of the molecule is O=C(O)c1cc2n(n1)CCN(Cc1ccccc1Cn1cccn1)C2=O. The van der Waals surface area contributed by atoms with E-state index in [1.165, 1.54) is 10.7 Å². The molecule has 0 atom stereocenters. The van der Waals surface area contributed by atoms with Crippen molar-refractivity contribution in [3.05, 3.63) is 71.3 Å². The Bertz CT molecular complexity index is 961. The lowest BCUT2D eigenvalue weighted by atomic mass is 10.1. The third-order valence-electron chi connectivity index (χ3n) is 4.46. The Morgan fingerprint density at radius 1 is 1.12 bits per heavy atom. The van der Waals surface area contributed by atoms with Gasteiger partial charge in [0.1, 0.15) is 5.69 Å². The lowest BCUT2D eigenvalue weighted by Crippen LogP contribution is -2.40. The van der Waals surface area contributed by atoms with Crippen molar-refractivity contribution in [1.29, 1.82) is 0 Å². The van der Waals surface area contributed by atoms with Gasteiger partial charge < -0.3 is 10.0 Å². The summed E-state index contributed by atoms with van der Waals surface area (Å²) in [7, 11) is 0. The molecule has 0 fully saturated rings. The number of nitrogens with zero attached hydrogens (tertiary/aromatic N) is 5. The summed E-state index contributed by atoms with van der Waals surface area (Å²) < 4.78 is 3.31. The van der Waals surface area contributed by atoms with Crippen molar-refractivity contribution in [1.82, 2.24) is 24.5 Å². The summed E-state index contributed by atoms with van der Waals surface area (Å²) in [5.74, 6) is -1.33. The summed E-state index contributed by atoms with van der Waals surface area (Å²) in [6, 6.07) is 11.2. The van der Waals surface area contributed by atoms with E-state index in [-0.39, 0.29) is 11.6 Å².